The van der Waals surface area contributed by atoms with Crippen LogP contribution in [0, 0.1) is 5.92 Å². The molecular formula is C46H49N2O+. The molecule has 2 atom stereocenters. The van der Waals surface area contributed by atoms with E-state index in [-0.39, 0.29) is 6.04 Å². The zero-order valence-electron chi connectivity index (χ0n) is 28.9. The number of aliphatic imine (C=N–C) groups is 1. The van der Waals surface area contributed by atoms with Crippen molar-refractivity contribution in [3.05, 3.63) is 120 Å². The Morgan fingerprint density at radius 1 is 0.816 bits per heavy atom. The van der Waals surface area contributed by atoms with E-state index in [1.165, 1.54) is 114 Å². The largest absolute Gasteiger partial charge is 0.456 e. The Morgan fingerprint density at radius 3 is 2.47 bits per heavy atom. The molecule has 4 aliphatic rings. The highest BCUT2D eigenvalue weighted by atomic mass is 16.3. The highest BCUT2D eigenvalue weighted by Crippen LogP contribution is 2.43. The standard InChI is InChI=1S/C46H49N2O/c1-3-41-37-19-11-10-18-36(37)38-22-21-34-28-45-40(46-35(17-12-20-44(46)49-45)26-31-13-6-4-7-14-31)29-39(34)43-27-33(32-15-8-5-9-16-32)23-24-48(43)30(2)25-42(38)47-41/h3,10-12,17-20,23-24,27-29,31-32,38,42H,1-2,4-9,13-16,21-22,25-26H2/q+1. The Bertz CT molecular complexity index is 2100. The van der Waals surface area contributed by atoms with Gasteiger partial charge in [-0.2, -0.15) is 4.57 Å². The van der Waals surface area contributed by atoms with Crippen LogP contribution in [0.15, 0.2) is 102 Å². The average Bonchev–Trinajstić information content (AvgIpc) is 3.52. The van der Waals surface area contributed by atoms with Gasteiger partial charge in [0.25, 0.3) is 0 Å². The molecule has 0 bridgehead atoms. The fourth-order valence-electron chi connectivity index (χ4n) is 9.94. The van der Waals surface area contributed by atoms with Gasteiger partial charge in [-0.25, -0.2) is 0 Å². The molecule has 2 fully saturated rings. The van der Waals surface area contributed by atoms with Gasteiger partial charge in [0.15, 0.2) is 11.9 Å². The minimum Gasteiger partial charge on any atom is -0.456 e. The highest BCUT2D eigenvalue weighted by Gasteiger charge is 2.35. The molecule has 0 N–H and O–H groups in total. The lowest BCUT2D eigenvalue weighted by molar-refractivity contribution is -0.571. The zero-order chi connectivity index (χ0) is 32.9. The van der Waals surface area contributed by atoms with Gasteiger partial charge < -0.3 is 4.42 Å². The van der Waals surface area contributed by atoms with E-state index >= 15 is 0 Å². The lowest BCUT2D eigenvalue weighted by Gasteiger charge is -2.32. The van der Waals surface area contributed by atoms with Gasteiger partial charge in [0, 0.05) is 34.4 Å². The van der Waals surface area contributed by atoms with Gasteiger partial charge in [-0.05, 0) is 97.0 Å². The summed E-state index contributed by atoms with van der Waals surface area (Å²) in [5, 5.41) is 2.59. The van der Waals surface area contributed by atoms with Crippen LogP contribution >= 0.6 is 0 Å². The van der Waals surface area contributed by atoms with E-state index in [1.807, 2.05) is 6.08 Å². The Balaban J connectivity index is 1.23. The van der Waals surface area contributed by atoms with Gasteiger partial charge in [0.2, 0.25) is 5.69 Å². The second-order valence-electron chi connectivity index (χ2n) is 15.4. The number of hydrogen-bond donors (Lipinski definition) is 0. The number of aryl methyl sites for hydroxylation is 1. The van der Waals surface area contributed by atoms with Crippen LogP contribution in [-0.2, 0) is 12.8 Å². The molecule has 0 amide bonds. The minimum absolute atomic E-state index is 0.118. The van der Waals surface area contributed by atoms with Crippen molar-refractivity contribution in [3.8, 4) is 11.3 Å². The monoisotopic (exact) mass is 645 g/mol. The van der Waals surface area contributed by atoms with Crippen molar-refractivity contribution in [1.82, 2.24) is 0 Å². The van der Waals surface area contributed by atoms with Crippen molar-refractivity contribution in [2.75, 3.05) is 0 Å². The van der Waals surface area contributed by atoms with Crippen LogP contribution in [0.3, 0.4) is 0 Å². The third-order valence-corrected chi connectivity index (χ3v) is 12.5. The molecule has 9 rings (SSSR count). The van der Waals surface area contributed by atoms with Crippen molar-refractivity contribution < 1.29 is 8.98 Å². The summed E-state index contributed by atoms with van der Waals surface area (Å²) < 4.78 is 9.14. The van der Waals surface area contributed by atoms with Crippen LogP contribution < -0.4 is 4.57 Å². The first-order chi connectivity index (χ1) is 24.1. The van der Waals surface area contributed by atoms with Crippen molar-refractivity contribution in [2.24, 2.45) is 10.9 Å². The van der Waals surface area contributed by atoms with Gasteiger partial charge in [0.05, 0.1) is 23.7 Å². The van der Waals surface area contributed by atoms with Gasteiger partial charge in [0.1, 0.15) is 11.2 Å². The molecule has 3 heteroatoms. The Morgan fingerprint density at radius 2 is 1.63 bits per heavy atom. The summed E-state index contributed by atoms with van der Waals surface area (Å²) in [6.07, 6.45) is 21.6. The number of furan rings is 1. The second-order valence-corrected chi connectivity index (χ2v) is 15.4. The third-order valence-electron chi connectivity index (χ3n) is 12.5. The van der Waals surface area contributed by atoms with Crippen LogP contribution in [0.4, 0.5) is 0 Å². The Hall–Kier alpha value is -4.24. The molecule has 5 aromatic rings. The van der Waals surface area contributed by atoms with Crippen molar-refractivity contribution in [2.45, 2.75) is 108 Å². The molecule has 2 aliphatic heterocycles. The predicted molar refractivity (Wildman–Crippen MR) is 203 cm³/mol. The summed E-state index contributed by atoms with van der Waals surface area (Å²) in [7, 11) is 0. The van der Waals surface area contributed by atoms with Crippen molar-refractivity contribution >= 4 is 33.3 Å². The van der Waals surface area contributed by atoms with E-state index in [1.54, 1.807) is 0 Å². The molecule has 2 aliphatic carbocycles. The van der Waals surface area contributed by atoms with Gasteiger partial charge >= 0.3 is 0 Å². The first kappa shape index (κ1) is 30.8. The maximum absolute atomic E-state index is 6.74. The number of rotatable bonds is 4. The van der Waals surface area contributed by atoms with E-state index in [4.69, 9.17) is 16.0 Å². The molecular weight excluding hydrogens is 597 g/mol. The van der Waals surface area contributed by atoms with E-state index in [0.717, 1.165) is 54.2 Å². The summed E-state index contributed by atoms with van der Waals surface area (Å²) >= 11 is 0. The lowest BCUT2D eigenvalue weighted by atomic mass is 9.78. The lowest BCUT2D eigenvalue weighted by Crippen LogP contribution is -2.38. The molecule has 2 aromatic heterocycles. The van der Waals surface area contributed by atoms with E-state index < -0.39 is 0 Å². The predicted octanol–water partition coefficient (Wildman–Crippen LogP) is 11.7. The highest BCUT2D eigenvalue weighted by molar-refractivity contribution is 6.10. The summed E-state index contributed by atoms with van der Waals surface area (Å²) in [5.41, 5.74) is 13.7. The number of aromatic nitrogens is 1. The number of pyridine rings is 1. The van der Waals surface area contributed by atoms with Crippen molar-refractivity contribution in [1.29, 1.82) is 0 Å². The quantitative estimate of drug-likeness (QED) is 0.179. The zero-order valence-corrected chi connectivity index (χ0v) is 28.9. The van der Waals surface area contributed by atoms with Gasteiger partial charge in [-0.3, -0.25) is 4.99 Å². The summed E-state index contributed by atoms with van der Waals surface area (Å²) in [6.45, 7) is 8.93. The van der Waals surface area contributed by atoms with E-state index in [9.17, 15) is 0 Å². The average molecular weight is 646 g/mol. The van der Waals surface area contributed by atoms with Crippen LogP contribution in [0.1, 0.15) is 117 Å². The number of allylic oxidation sites excluding steroid dienone is 1. The normalized spacial score (nSPS) is 21.8. The molecule has 0 radical (unpaired) electrons. The van der Waals surface area contributed by atoms with E-state index in [0.29, 0.717) is 11.8 Å². The van der Waals surface area contributed by atoms with Crippen molar-refractivity contribution in [3.63, 3.8) is 0 Å². The molecule has 2 unspecified atom stereocenters. The van der Waals surface area contributed by atoms with Crippen LogP contribution in [0.5, 0.6) is 0 Å². The fraction of sp³-hybridized carbons (Fsp3) is 0.391. The van der Waals surface area contributed by atoms with Gasteiger partial charge in [-0.1, -0.05) is 94.3 Å². The third kappa shape index (κ3) is 5.60. The first-order valence-corrected chi connectivity index (χ1v) is 19.2. The summed E-state index contributed by atoms with van der Waals surface area (Å²) in [6, 6.07) is 25.5. The van der Waals surface area contributed by atoms with Crippen LogP contribution in [0.2, 0.25) is 0 Å². The second kappa shape index (κ2) is 12.9. The number of hydrogen-bond acceptors (Lipinski definition) is 2. The summed E-state index contributed by atoms with van der Waals surface area (Å²) in [5.74, 6) is 1.71. The maximum Gasteiger partial charge on any atom is 0.218 e. The first-order valence-electron chi connectivity index (χ1n) is 19.2. The van der Waals surface area contributed by atoms with Crippen LogP contribution in [0.25, 0.3) is 38.9 Å². The Labute approximate surface area is 291 Å². The van der Waals surface area contributed by atoms with E-state index in [2.05, 4.69) is 84.1 Å². The smallest absolute Gasteiger partial charge is 0.218 e. The number of nitrogens with zero attached hydrogens (tertiary/aromatic N) is 2. The minimum atomic E-state index is 0.118. The maximum atomic E-state index is 6.74. The molecule has 49 heavy (non-hydrogen) atoms. The molecule has 2 saturated carbocycles. The molecule has 3 aromatic carbocycles. The summed E-state index contributed by atoms with van der Waals surface area (Å²) in [4.78, 5) is 5.35. The molecule has 4 heterocycles. The number of fused-ring (bicyclic) bond motifs is 9. The molecule has 0 spiro atoms. The molecule has 0 saturated heterocycles. The molecule has 3 nitrogen and oxygen atoms in total. The van der Waals surface area contributed by atoms with Crippen LogP contribution in [-0.4, -0.2) is 11.8 Å². The topological polar surface area (TPSA) is 29.4 Å². The SMILES string of the molecule is C=CC1=NC2CC(=C)[n+]3ccc(C4CCCCC4)cc3-c3cc4c(cc3CCC2c2ccccc21)oc1cccc(CC2CCCCC2)c14. The fourth-order valence-corrected chi connectivity index (χ4v) is 9.94. The Kier molecular flexibility index (Phi) is 8.11. The number of benzene rings is 3. The van der Waals surface area contributed by atoms with Gasteiger partial charge in [-0.15, -0.1) is 0 Å². The molecule has 248 valence electrons.